The highest BCUT2D eigenvalue weighted by atomic mass is 127. The molecule has 160 valence electrons. The molecule has 3 rings (SSSR count). The zero-order valence-corrected chi connectivity index (χ0v) is 20.7. The van der Waals surface area contributed by atoms with E-state index in [1.807, 2.05) is 11.3 Å². The Labute approximate surface area is 196 Å². The molecule has 29 heavy (non-hydrogen) atoms. The van der Waals surface area contributed by atoms with E-state index in [1.54, 1.807) is 0 Å². The number of aliphatic imine (C=N–C) groups is 1. The number of piperidine rings is 1. The molecule has 2 aromatic rings. The zero-order valence-electron chi connectivity index (χ0n) is 17.5. The number of hydrogen-bond acceptors (Lipinski definition) is 4. The van der Waals surface area contributed by atoms with Crippen molar-refractivity contribution in [2.45, 2.75) is 32.4 Å². The van der Waals surface area contributed by atoms with Gasteiger partial charge in [0, 0.05) is 38.8 Å². The maximum atomic E-state index is 4.80. The van der Waals surface area contributed by atoms with Crippen molar-refractivity contribution in [3.05, 3.63) is 53.4 Å². The molecule has 5 nitrogen and oxygen atoms in total. The topological polar surface area (TPSA) is 42.9 Å². The number of thiophene rings is 1. The van der Waals surface area contributed by atoms with E-state index in [9.17, 15) is 0 Å². The maximum Gasteiger partial charge on any atom is 0.191 e. The van der Waals surface area contributed by atoms with Crippen molar-refractivity contribution < 1.29 is 0 Å². The first kappa shape index (κ1) is 24.0. The van der Waals surface area contributed by atoms with Gasteiger partial charge in [-0.25, -0.2) is 0 Å². The number of likely N-dealkylation sites (N-methyl/N-ethyl adjacent to an activating group) is 1. The summed E-state index contributed by atoms with van der Waals surface area (Å²) >= 11 is 1.83. The number of nitrogens with one attached hydrogen (secondary N) is 2. The first-order valence-electron chi connectivity index (χ1n) is 10.3. The van der Waals surface area contributed by atoms with Crippen LogP contribution in [-0.2, 0) is 6.54 Å². The van der Waals surface area contributed by atoms with Crippen LogP contribution in [0.2, 0.25) is 0 Å². The number of benzene rings is 1. The Kier molecular flexibility index (Phi) is 10.8. The quantitative estimate of drug-likeness (QED) is 0.309. The molecule has 0 bridgehead atoms. The second-order valence-corrected chi connectivity index (χ2v) is 8.27. The van der Waals surface area contributed by atoms with E-state index in [0.29, 0.717) is 6.04 Å². The van der Waals surface area contributed by atoms with Crippen LogP contribution < -0.4 is 15.5 Å². The van der Waals surface area contributed by atoms with Crippen LogP contribution in [0, 0.1) is 0 Å². The van der Waals surface area contributed by atoms with Crippen LogP contribution in [0.5, 0.6) is 0 Å². The first-order chi connectivity index (χ1) is 13.7. The van der Waals surface area contributed by atoms with E-state index < -0.39 is 0 Å². The lowest BCUT2D eigenvalue weighted by atomic mass is 10.1. The third-order valence-electron chi connectivity index (χ3n) is 5.04. The van der Waals surface area contributed by atoms with Crippen molar-refractivity contribution in [2.24, 2.45) is 4.99 Å². The standard InChI is InChI=1S/C22H33N5S.HI/c1-3-23-22(24-13-16-26(2)18-19-8-5-4-6-9-19)25-20-11-14-27(15-12-20)21-10-7-17-28-21;/h4-10,17,20H,3,11-16,18H2,1-2H3,(H2,23,24,25);1H. The van der Waals surface area contributed by atoms with Crippen molar-refractivity contribution in [1.29, 1.82) is 0 Å². The summed E-state index contributed by atoms with van der Waals surface area (Å²) in [5.41, 5.74) is 1.34. The molecule has 1 aromatic carbocycles. The van der Waals surface area contributed by atoms with Crippen molar-refractivity contribution in [3.63, 3.8) is 0 Å². The average molecular weight is 528 g/mol. The van der Waals surface area contributed by atoms with E-state index in [1.165, 1.54) is 10.6 Å². The monoisotopic (exact) mass is 527 g/mol. The molecule has 1 fully saturated rings. The lowest BCUT2D eigenvalue weighted by Crippen LogP contribution is -2.48. The SMILES string of the molecule is CCNC(=NCCN(C)Cc1ccccc1)NC1CCN(c2cccs2)CC1.I. The molecule has 0 saturated carbocycles. The summed E-state index contributed by atoms with van der Waals surface area (Å²) in [7, 11) is 2.16. The van der Waals surface area contributed by atoms with Gasteiger partial charge in [-0.1, -0.05) is 30.3 Å². The highest BCUT2D eigenvalue weighted by molar-refractivity contribution is 14.0. The normalized spacial score (nSPS) is 15.3. The summed E-state index contributed by atoms with van der Waals surface area (Å²) in [6.45, 7) is 7.93. The number of hydrogen-bond donors (Lipinski definition) is 2. The molecule has 2 N–H and O–H groups in total. The Morgan fingerprint density at radius 1 is 1.17 bits per heavy atom. The van der Waals surface area contributed by atoms with Crippen LogP contribution in [0.25, 0.3) is 0 Å². The van der Waals surface area contributed by atoms with Gasteiger partial charge in [0.15, 0.2) is 5.96 Å². The van der Waals surface area contributed by atoms with Gasteiger partial charge in [0.25, 0.3) is 0 Å². The molecular formula is C22H34IN5S. The summed E-state index contributed by atoms with van der Waals surface area (Å²) in [5.74, 6) is 0.949. The number of halogens is 1. The Bertz CT molecular complexity index is 699. The molecular weight excluding hydrogens is 493 g/mol. The number of rotatable bonds is 8. The van der Waals surface area contributed by atoms with Gasteiger partial charge >= 0.3 is 0 Å². The number of nitrogens with zero attached hydrogens (tertiary/aromatic N) is 3. The predicted molar refractivity (Wildman–Crippen MR) is 137 cm³/mol. The zero-order chi connectivity index (χ0) is 19.6. The van der Waals surface area contributed by atoms with Gasteiger partial charge in [-0.05, 0) is 49.9 Å². The van der Waals surface area contributed by atoms with Gasteiger partial charge in [-0.15, -0.1) is 35.3 Å². The summed E-state index contributed by atoms with van der Waals surface area (Å²) < 4.78 is 0. The van der Waals surface area contributed by atoms with E-state index in [2.05, 4.69) is 82.2 Å². The molecule has 0 atom stereocenters. The smallest absolute Gasteiger partial charge is 0.191 e. The third kappa shape index (κ3) is 8.14. The maximum absolute atomic E-state index is 4.80. The molecule has 1 aliphatic heterocycles. The van der Waals surface area contributed by atoms with Gasteiger partial charge < -0.3 is 20.4 Å². The molecule has 1 aromatic heterocycles. The molecule has 1 saturated heterocycles. The van der Waals surface area contributed by atoms with E-state index >= 15 is 0 Å². The fourth-order valence-corrected chi connectivity index (χ4v) is 4.30. The van der Waals surface area contributed by atoms with Crippen LogP contribution in [0.15, 0.2) is 52.8 Å². The van der Waals surface area contributed by atoms with E-state index in [-0.39, 0.29) is 24.0 Å². The molecule has 0 unspecified atom stereocenters. The number of anilines is 1. The summed E-state index contributed by atoms with van der Waals surface area (Å²) in [4.78, 5) is 9.61. The Morgan fingerprint density at radius 2 is 1.93 bits per heavy atom. The molecule has 1 aliphatic rings. The average Bonchev–Trinajstić information content (AvgIpc) is 3.24. The molecule has 0 radical (unpaired) electrons. The second kappa shape index (κ2) is 13.1. The highest BCUT2D eigenvalue weighted by Gasteiger charge is 2.20. The van der Waals surface area contributed by atoms with Gasteiger partial charge in [0.05, 0.1) is 11.5 Å². The lowest BCUT2D eigenvalue weighted by molar-refractivity contribution is 0.336. The second-order valence-electron chi connectivity index (χ2n) is 7.34. The summed E-state index contributed by atoms with van der Waals surface area (Å²) in [6.07, 6.45) is 2.30. The van der Waals surface area contributed by atoms with Crippen LogP contribution in [-0.4, -0.2) is 56.7 Å². The Hall–Kier alpha value is -1.32. The van der Waals surface area contributed by atoms with Crippen LogP contribution in [0.3, 0.4) is 0 Å². The van der Waals surface area contributed by atoms with Gasteiger partial charge in [-0.3, -0.25) is 4.99 Å². The fraction of sp³-hybridized carbons (Fsp3) is 0.500. The van der Waals surface area contributed by atoms with E-state index in [4.69, 9.17) is 4.99 Å². The van der Waals surface area contributed by atoms with Crippen molar-refractivity contribution >= 4 is 46.3 Å². The molecule has 0 spiro atoms. The molecule has 7 heteroatoms. The lowest BCUT2D eigenvalue weighted by Gasteiger charge is -2.33. The fourth-order valence-electron chi connectivity index (χ4n) is 3.51. The van der Waals surface area contributed by atoms with Crippen LogP contribution >= 0.6 is 35.3 Å². The minimum absolute atomic E-state index is 0. The molecule has 0 amide bonds. The van der Waals surface area contributed by atoms with Crippen molar-refractivity contribution in [1.82, 2.24) is 15.5 Å². The summed E-state index contributed by atoms with van der Waals surface area (Å²) in [5, 5.41) is 10.6. The van der Waals surface area contributed by atoms with Crippen molar-refractivity contribution in [2.75, 3.05) is 44.7 Å². The third-order valence-corrected chi connectivity index (χ3v) is 5.97. The minimum Gasteiger partial charge on any atom is -0.363 e. The van der Waals surface area contributed by atoms with Crippen LogP contribution in [0.4, 0.5) is 5.00 Å². The Morgan fingerprint density at radius 3 is 2.59 bits per heavy atom. The highest BCUT2D eigenvalue weighted by Crippen LogP contribution is 2.24. The number of guanidine groups is 1. The first-order valence-corrected chi connectivity index (χ1v) is 11.2. The predicted octanol–water partition coefficient (Wildman–Crippen LogP) is 4.02. The largest absolute Gasteiger partial charge is 0.363 e. The van der Waals surface area contributed by atoms with Crippen molar-refractivity contribution in [3.8, 4) is 0 Å². The van der Waals surface area contributed by atoms with Gasteiger partial charge in [-0.2, -0.15) is 0 Å². The van der Waals surface area contributed by atoms with Gasteiger partial charge in [0.1, 0.15) is 0 Å². The summed E-state index contributed by atoms with van der Waals surface area (Å²) in [6, 6.07) is 15.5. The molecule has 2 heterocycles. The Balaban J connectivity index is 0.00000300. The van der Waals surface area contributed by atoms with Crippen LogP contribution in [0.1, 0.15) is 25.3 Å². The van der Waals surface area contributed by atoms with Gasteiger partial charge in [0.2, 0.25) is 0 Å². The minimum atomic E-state index is 0. The van der Waals surface area contributed by atoms with E-state index in [0.717, 1.165) is 58.1 Å². The molecule has 0 aliphatic carbocycles.